The third kappa shape index (κ3) is 4.52. The standard InChI is InChI=1S/C26H23ClF3N5O/c1-34(2)21-11-8-18(14-31-21)16-4-3-5-17(12-16)20-13-22(36)35-25(32-20)23(24(33-35)26(28,29)30)15-6-9-19(27)10-7-15/h3-14,23-25,32-33H,1-2H3. The van der Waals surface area contributed by atoms with Crippen molar-refractivity contribution in [1.82, 2.24) is 20.7 Å². The second-order valence-corrected chi connectivity index (χ2v) is 9.40. The lowest BCUT2D eigenvalue weighted by molar-refractivity contribution is -0.161. The van der Waals surface area contributed by atoms with Gasteiger partial charge in [-0.3, -0.25) is 9.80 Å². The molecule has 0 spiro atoms. The van der Waals surface area contributed by atoms with Gasteiger partial charge in [0.25, 0.3) is 5.91 Å². The Morgan fingerprint density at radius 3 is 2.36 bits per heavy atom. The van der Waals surface area contributed by atoms with Crippen LogP contribution in [0, 0.1) is 0 Å². The third-order valence-corrected chi connectivity index (χ3v) is 6.64. The summed E-state index contributed by atoms with van der Waals surface area (Å²) in [5, 5.41) is 4.62. The molecule has 3 aromatic rings. The molecular weight excluding hydrogens is 491 g/mol. The molecular formula is C26H23ClF3N5O. The fourth-order valence-corrected chi connectivity index (χ4v) is 4.72. The maximum atomic E-state index is 14.0. The van der Waals surface area contributed by atoms with E-state index < -0.39 is 30.2 Å². The summed E-state index contributed by atoms with van der Waals surface area (Å²) < 4.78 is 42.0. The first-order valence-corrected chi connectivity index (χ1v) is 11.6. The number of hydrogen-bond acceptors (Lipinski definition) is 5. The number of hydrogen-bond donors (Lipinski definition) is 2. The molecule has 10 heteroatoms. The van der Waals surface area contributed by atoms with Crippen molar-refractivity contribution in [2.75, 3.05) is 19.0 Å². The topological polar surface area (TPSA) is 60.5 Å². The number of benzene rings is 2. The second-order valence-electron chi connectivity index (χ2n) is 8.96. The Hall–Kier alpha value is -3.56. The van der Waals surface area contributed by atoms with Crippen LogP contribution in [0.2, 0.25) is 5.02 Å². The smallest absolute Gasteiger partial charge is 0.363 e. The van der Waals surface area contributed by atoms with Crippen molar-refractivity contribution in [2.24, 2.45) is 0 Å². The molecule has 36 heavy (non-hydrogen) atoms. The lowest BCUT2D eigenvalue weighted by Crippen LogP contribution is -2.53. The summed E-state index contributed by atoms with van der Waals surface area (Å²) in [5.74, 6) is -0.818. The number of aromatic nitrogens is 1. The van der Waals surface area contributed by atoms with Crippen LogP contribution >= 0.6 is 11.6 Å². The van der Waals surface area contributed by atoms with Gasteiger partial charge in [0.15, 0.2) is 0 Å². The molecule has 5 rings (SSSR count). The molecule has 1 saturated heterocycles. The third-order valence-electron chi connectivity index (χ3n) is 6.38. The van der Waals surface area contributed by atoms with Crippen LogP contribution in [0.1, 0.15) is 17.0 Å². The largest absolute Gasteiger partial charge is 0.406 e. The molecule has 2 aromatic carbocycles. The van der Waals surface area contributed by atoms with Crippen LogP contribution in [-0.4, -0.2) is 48.4 Å². The van der Waals surface area contributed by atoms with Crippen molar-refractivity contribution in [3.05, 3.63) is 89.1 Å². The summed E-state index contributed by atoms with van der Waals surface area (Å²) in [7, 11) is 3.81. The van der Waals surface area contributed by atoms with Crippen molar-refractivity contribution in [3.8, 4) is 11.1 Å². The lowest BCUT2D eigenvalue weighted by atomic mass is 9.89. The zero-order valence-corrected chi connectivity index (χ0v) is 20.2. The van der Waals surface area contributed by atoms with E-state index in [0.717, 1.165) is 22.0 Å². The van der Waals surface area contributed by atoms with Crippen molar-refractivity contribution in [2.45, 2.75) is 24.3 Å². The second kappa shape index (κ2) is 9.15. The zero-order valence-electron chi connectivity index (χ0n) is 19.4. The number of fused-ring (bicyclic) bond motifs is 1. The van der Waals surface area contributed by atoms with Gasteiger partial charge in [0.05, 0.1) is 5.92 Å². The maximum absolute atomic E-state index is 14.0. The van der Waals surface area contributed by atoms with Crippen molar-refractivity contribution in [3.63, 3.8) is 0 Å². The van der Waals surface area contributed by atoms with E-state index in [0.29, 0.717) is 21.8 Å². The molecule has 3 atom stereocenters. The van der Waals surface area contributed by atoms with E-state index in [4.69, 9.17) is 11.6 Å². The van der Waals surface area contributed by atoms with Crippen LogP contribution in [0.25, 0.3) is 16.8 Å². The quantitative estimate of drug-likeness (QED) is 0.525. The van der Waals surface area contributed by atoms with Crippen LogP contribution in [0.15, 0.2) is 72.9 Å². The van der Waals surface area contributed by atoms with Crippen LogP contribution in [-0.2, 0) is 4.79 Å². The number of alkyl halides is 3. The van der Waals surface area contributed by atoms with E-state index in [9.17, 15) is 18.0 Å². The van der Waals surface area contributed by atoms with Gasteiger partial charge in [0, 0.05) is 42.7 Å². The molecule has 1 aromatic heterocycles. The number of amides is 1. The van der Waals surface area contributed by atoms with Gasteiger partial charge in [0.2, 0.25) is 0 Å². The van der Waals surface area contributed by atoms with E-state index in [1.807, 2.05) is 55.4 Å². The predicted molar refractivity (Wildman–Crippen MR) is 133 cm³/mol. The summed E-state index contributed by atoms with van der Waals surface area (Å²) in [6.45, 7) is 0. The van der Waals surface area contributed by atoms with E-state index in [2.05, 4.69) is 15.7 Å². The van der Waals surface area contributed by atoms with Crippen LogP contribution in [0.5, 0.6) is 0 Å². The van der Waals surface area contributed by atoms with Crippen LogP contribution < -0.4 is 15.6 Å². The van der Waals surface area contributed by atoms with Gasteiger partial charge in [-0.15, -0.1) is 0 Å². The molecule has 2 aliphatic heterocycles. The number of carbonyl (C=O) groups is 1. The molecule has 186 valence electrons. The summed E-state index contributed by atoms with van der Waals surface area (Å²) in [4.78, 5) is 19.3. The summed E-state index contributed by atoms with van der Waals surface area (Å²) in [6.07, 6.45) is -2.45. The SMILES string of the molecule is CN(C)c1ccc(-c2cccc(C3=CC(=O)N4NC(C(F)(F)F)C(c5ccc(Cl)cc5)C4N3)c2)cn1. The monoisotopic (exact) mass is 513 g/mol. The molecule has 2 N–H and O–H groups in total. The summed E-state index contributed by atoms with van der Waals surface area (Å²) >= 11 is 5.96. The van der Waals surface area contributed by atoms with Crippen molar-refractivity contribution < 1.29 is 18.0 Å². The molecule has 2 aliphatic rings. The Kier molecular flexibility index (Phi) is 6.13. The van der Waals surface area contributed by atoms with Gasteiger partial charge >= 0.3 is 6.18 Å². The minimum absolute atomic E-state index is 0.420. The molecule has 3 heterocycles. The Morgan fingerprint density at radius 1 is 1.00 bits per heavy atom. The first-order chi connectivity index (χ1) is 17.1. The highest BCUT2D eigenvalue weighted by Gasteiger charge is 2.57. The highest BCUT2D eigenvalue weighted by atomic mass is 35.5. The minimum Gasteiger partial charge on any atom is -0.363 e. The van der Waals surface area contributed by atoms with E-state index in [-0.39, 0.29) is 0 Å². The highest BCUT2D eigenvalue weighted by Crippen LogP contribution is 2.41. The van der Waals surface area contributed by atoms with Crippen molar-refractivity contribution >= 4 is 29.0 Å². The molecule has 1 fully saturated rings. The number of rotatable bonds is 4. The number of anilines is 1. The normalized spacial score (nSPS) is 21.6. The number of nitrogens with zero attached hydrogens (tertiary/aromatic N) is 3. The summed E-state index contributed by atoms with van der Waals surface area (Å²) in [5.41, 5.74) is 5.68. The van der Waals surface area contributed by atoms with E-state index in [1.54, 1.807) is 30.5 Å². The Bertz CT molecular complexity index is 1310. The predicted octanol–water partition coefficient (Wildman–Crippen LogP) is 4.80. The number of halogens is 4. The van der Waals surface area contributed by atoms with E-state index >= 15 is 0 Å². The molecule has 0 saturated carbocycles. The molecule has 0 radical (unpaired) electrons. The molecule has 6 nitrogen and oxygen atoms in total. The first-order valence-electron chi connectivity index (χ1n) is 11.3. The maximum Gasteiger partial charge on any atom is 0.406 e. The van der Waals surface area contributed by atoms with Crippen molar-refractivity contribution in [1.29, 1.82) is 0 Å². The zero-order chi connectivity index (χ0) is 25.6. The van der Waals surface area contributed by atoms with Gasteiger partial charge in [0.1, 0.15) is 18.0 Å². The fraction of sp³-hybridized carbons (Fsp3) is 0.231. The molecule has 0 bridgehead atoms. The fourth-order valence-electron chi connectivity index (χ4n) is 4.59. The molecule has 0 aliphatic carbocycles. The first kappa shape index (κ1) is 24.1. The van der Waals surface area contributed by atoms with Gasteiger partial charge in [-0.25, -0.2) is 10.4 Å². The van der Waals surface area contributed by atoms with Crippen LogP contribution in [0.4, 0.5) is 19.0 Å². The average molecular weight is 514 g/mol. The Balaban J connectivity index is 1.48. The number of hydrazine groups is 1. The number of pyridine rings is 1. The van der Waals surface area contributed by atoms with Gasteiger partial charge in [-0.05, 0) is 47.0 Å². The number of nitrogens with one attached hydrogen (secondary N) is 2. The van der Waals surface area contributed by atoms with Gasteiger partial charge in [-0.1, -0.05) is 41.9 Å². The molecule has 3 unspecified atom stereocenters. The van der Waals surface area contributed by atoms with Gasteiger partial charge < -0.3 is 10.2 Å². The molecule has 1 amide bonds. The average Bonchev–Trinajstić information content (AvgIpc) is 3.25. The summed E-state index contributed by atoms with van der Waals surface area (Å²) in [6, 6.07) is 15.6. The van der Waals surface area contributed by atoms with E-state index in [1.165, 1.54) is 6.08 Å². The van der Waals surface area contributed by atoms with Gasteiger partial charge in [-0.2, -0.15) is 13.2 Å². The highest BCUT2D eigenvalue weighted by molar-refractivity contribution is 6.30. The minimum atomic E-state index is -4.57. The Morgan fingerprint density at radius 2 is 1.72 bits per heavy atom. The van der Waals surface area contributed by atoms with Crippen LogP contribution in [0.3, 0.4) is 0 Å². The number of carbonyl (C=O) groups excluding carboxylic acids is 1. The lowest BCUT2D eigenvalue weighted by Gasteiger charge is -2.33. The Labute approximate surface area is 211 Å².